The highest BCUT2D eigenvalue weighted by molar-refractivity contribution is 5.89. The van der Waals surface area contributed by atoms with Crippen LogP contribution >= 0.6 is 0 Å². The van der Waals surface area contributed by atoms with Crippen LogP contribution in [-0.4, -0.2) is 46.2 Å². The average Bonchev–Trinajstić information content (AvgIpc) is 2.85. The van der Waals surface area contributed by atoms with Crippen molar-refractivity contribution in [1.29, 1.82) is 5.26 Å². The summed E-state index contributed by atoms with van der Waals surface area (Å²) in [5.41, 5.74) is 3.29. The van der Waals surface area contributed by atoms with Gasteiger partial charge in [-0.15, -0.1) is 0 Å². The zero-order chi connectivity index (χ0) is 25.3. The van der Waals surface area contributed by atoms with Gasteiger partial charge in [-0.05, 0) is 50.1 Å². The summed E-state index contributed by atoms with van der Waals surface area (Å²) >= 11 is 0. The van der Waals surface area contributed by atoms with Crippen molar-refractivity contribution in [2.75, 3.05) is 18.0 Å². The van der Waals surface area contributed by atoms with E-state index in [1.807, 2.05) is 12.1 Å². The van der Waals surface area contributed by atoms with Crippen LogP contribution in [0.5, 0.6) is 5.75 Å². The van der Waals surface area contributed by atoms with Crippen molar-refractivity contribution >= 4 is 16.7 Å². The average molecular weight is 482 g/mol. The van der Waals surface area contributed by atoms with Crippen LogP contribution in [0.1, 0.15) is 44.5 Å². The maximum Gasteiger partial charge on any atom is 0.387 e. The lowest BCUT2D eigenvalue weighted by Crippen LogP contribution is -2.58. The summed E-state index contributed by atoms with van der Waals surface area (Å²) in [6.45, 7) is 4.95. The van der Waals surface area contributed by atoms with Gasteiger partial charge in [0.1, 0.15) is 23.0 Å². The Bertz CT molecular complexity index is 1300. The predicted octanol–water partition coefficient (Wildman–Crippen LogP) is 4.46. The van der Waals surface area contributed by atoms with E-state index in [-0.39, 0.29) is 29.4 Å². The zero-order valence-electron chi connectivity index (χ0n) is 20.3. The van der Waals surface area contributed by atoms with Crippen LogP contribution in [0.3, 0.4) is 0 Å². The first kappa shape index (κ1) is 24.6. The first-order chi connectivity index (χ1) is 16.7. The molecule has 0 spiro atoms. The monoisotopic (exact) mass is 481 g/mol. The smallest absolute Gasteiger partial charge is 0.387 e. The predicted molar refractivity (Wildman–Crippen MR) is 131 cm³/mol. The molecular weight excluding hydrogens is 452 g/mol. The molecule has 35 heavy (non-hydrogen) atoms. The molecule has 3 aromatic rings. The Morgan fingerprint density at radius 3 is 2.54 bits per heavy atom. The van der Waals surface area contributed by atoms with Crippen molar-refractivity contribution < 1.29 is 13.5 Å². The van der Waals surface area contributed by atoms with Gasteiger partial charge in [0.2, 0.25) is 0 Å². The number of pyridine rings is 2. The fourth-order valence-corrected chi connectivity index (χ4v) is 4.96. The SMILES string of the molecule is CC[C@H]1CN(C(C)c2ccc(OC(F)F)cc2)[C@H](C)CN1c1cc(=O)n(C)c2ccc(C#N)nc12. The molecule has 0 bridgehead atoms. The third-order valence-corrected chi connectivity index (χ3v) is 6.94. The Hall–Kier alpha value is -3.51. The lowest BCUT2D eigenvalue weighted by Gasteiger charge is -2.48. The molecule has 3 heterocycles. The number of halogens is 2. The van der Waals surface area contributed by atoms with Gasteiger partial charge in [-0.2, -0.15) is 14.0 Å². The number of benzene rings is 1. The first-order valence-electron chi connectivity index (χ1n) is 11.7. The van der Waals surface area contributed by atoms with E-state index in [0.29, 0.717) is 23.3 Å². The fraction of sp³-hybridized carbons (Fsp3) is 0.423. The van der Waals surface area contributed by atoms with E-state index in [2.05, 4.69) is 46.4 Å². The summed E-state index contributed by atoms with van der Waals surface area (Å²) in [6.07, 6.45) is 0.853. The van der Waals surface area contributed by atoms with E-state index in [0.717, 1.165) is 24.2 Å². The Kier molecular flexibility index (Phi) is 7.03. The van der Waals surface area contributed by atoms with Crippen molar-refractivity contribution in [2.24, 2.45) is 7.05 Å². The Labute approximate surface area is 203 Å². The van der Waals surface area contributed by atoms with Crippen molar-refractivity contribution in [2.45, 2.75) is 51.9 Å². The molecule has 2 aromatic heterocycles. The van der Waals surface area contributed by atoms with Gasteiger partial charge >= 0.3 is 6.61 Å². The number of anilines is 1. The Morgan fingerprint density at radius 1 is 1.20 bits per heavy atom. The molecule has 1 aromatic carbocycles. The summed E-state index contributed by atoms with van der Waals surface area (Å²) in [5, 5.41) is 9.38. The van der Waals surface area contributed by atoms with Crippen LogP contribution in [-0.2, 0) is 7.05 Å². The minimum Gasteiger partial charge on any atom is -0.435 e. The van der Waals surface area contributed by atoms with Gasteiger partial charge in [-0.1, -0.05) is 19.1 Å². The summed E-state index contributed by atoms with van der Waals surface area (Å²) in [7, 11) is 1.71. The van der Waals surface area contributed by atoms with Gasteiger partial charge < -0.3 is 14.2 Å². The second kappa shape index (κ2) is 10.0. The van der Waals surface area contributed by atoms with Crippen LogP contribution in [0.2, 0.25) is 0 Å². The number of aromatic nitrogens is 2. The summed E-state index contributed by atoms with van der Waals surface area (Å²) < 4.78 is 31.0. The second-order valence-corrected chi connectivity index (χ2v) is 8.99. The number of piperazine rings is 1. The minimum atomic E-state index is -2.85. The van der Waals surface area contributed by atoms with E-state index in [1.165, 1.54) is 0 Å². The standard InChI is InChI=1S/C26H29F2N5O2/c1-5-20-15-32(17(3)18-6-9-21(10-7-18)35-26(27)28)16(2)14-33(20)23-12-24(34)31(4)22-11-8-19(13-29)30-25(22)23/h6-12,16-17,20,26H,5,14-15H2,1-4H3/t16-,17?,20+/m1/s1. The summed E-state index contributed by atoms with van der Waals surface area (Å²) in [4.78, 5) is 21.9. The normalized spacial score (nSPS) is 19.7. The third-order valence-electron chi connectivity index (χ3n) is 6.94. The van der Waals surface area contributed by atoms with Gasteiger partial charge in [0.25, 0.3) is 5.56 Å². The van der Waals surface area contributed by atoms with Crippen LogP contribution in [0.4, 0.5) is 14.5 Å². The quantitative estimate of drug-likeness (QED) is 0.518. The molecule has 1 unspecified atom stereocenters. The third kappa shape index (κ3) is 4.84. The molecule has 7 nitrogen and oxygen atoms in total. The number of hydrogen-bond donors (Lipinski definition) is 0. The number of fused-ring (bicyclic) bond motifs is 1. The van der Waals surface area contributed by atoms with Crippen molar-refractivity contribution in [1.82, 2.24) is 14.5 Å². The Balaban J connectivity index is 1.65. The number of hydrogen-bond acceptors (Lipinski definition) is 6. The maximum absolute atomic E-state index is 12.8. The molecule has 0 N–H and O–H groups in total. The number of alkyl halides is 2. The highest BCUT2D eigenvalue weighted by atomic mass is 19.3. The second-order valence-electron chi connectivity index (χ2n) is 8.99. The molecule has 0 saturated carbocycles. The van der Waals surface area contributed by atoms with Gasteiger partial charge in [-0.3, -0.25) is 9.69 Å². The van der Waals surface area contributed by atoms with Crippen molar-refractivity contribution in [3.8, 4) is 11.8 Å². The highest BCUT2D eigenvalue weighted by Crippen LogP contribution is 2.33. The number of aryl methyl sites for hydroxylation is 1. The highest BCUT2D eigenvalue weighted by Gasteiger charge is 2.35. The van der Waals surface area contributed by atoms with E-state index in [1.54, 1.807) is 41.9 Å². The number of nitriles is 1. The molecule has 1 fully saturated rings. The van der Waals surface area contributed by atoms with Gasteiger partial charge in [0, 0.05) is 44.3 Å². The molecule has 0 amide bonds. The van der Waals surface area contributed by atoms with Gasteiger partial charge in [-0.25, -0.2) is 4.98 Å². The molecule has 4 rings (SSSR count). The van der Waals surface area contributed by atoms with Gasteiger partial charge in [0.15, 0.2) is 0 Å². The van der Waals surface area contributed by atoms with Crippen molar-refractivity contribution in [3.63, 3.8) is 0 Å². The molecule has 1 aliphatic rings. The Morgan fingerprint density at radius 2 is 1.91 bits per heavy atom. The summed E-state index contributed by atoms with van der Waals surface area (Å²) in [5.74, 6) is 0.141. The molecular formula is C26H29F2N5O2. The lowest BCUT2D eigenvalue weighted by molar-refractivity contribution is -0.0498. The number of rotatable bonds is 6. The number of nitrogens with zero attached hydrogens (tertiary/aromatic N) is 5. The summed E-state index contributed by atoms with van der Waals surface area (Å²) in [6, 6.07) is 14.2. The zero-order valence-corrected chi connectivity index (χ0v) is 20.3. The van der Waals surface area contributed by atoms with Crippen LogP contribution < -0.4 is 15.2 Å². The van der Waals surface area contributed by atoms with Crippen LogP contribution in [0.15, 0.2) is 47.3 Å². The largest absolute Gasteiger partial charge is 0.435 e. The fourth-order valence-electron chi connectivity index (χ4n) is 4.96. The molecule has 1 saturated heterocycles. The minimum absolute atomic E-state index is 0.0607. The van der Waals surface area contributed by atoms with E-state index in [9.17, 15) is 18.8 Å². The maximum atomic E-state index is 12.8. The van der Waals surface area contributed by atoms with Crippen molar-refractivity contribution in [3.05, 3.63) is 64.1 Å². The molecule has 3 atom stereocenters. The molecule has 0 aliphatic carbocycles. The van der Waals surface area contributed by atoms with Crippen LogP contribution in [0, 0.1) is 11.3 Å². The van der Waals surface area contributed by atoms with E-state index < -0.39 is 6.61 Å². The molecule has 184 valence electrons. The van der Waals surface area contributed by atoms with E-state index in [4.69, 9.17) is 0 Å². The number of ether oxygens (including phenoxy) is 1. The molecule has 1 aliphatic heterocycles. The topological polar surface area (TPSA) is 74.4 Å². The first-order valence-corrected chi connectivity index (χ1v) is 11.7. The van der Waals surface area contributed by atoms with Gasteiger partial charge in [0.05, 0.1) is 11.2 Å². The molecule has 0 radical (unpaired) electrons. The van der Waals surface area contributed by atoms with E-state index >= 15 is 0 Å². The van der Waals surface area contributed by atoms with Crippen LogP contribution in [0.25, 0.3) is 11.0 Å². The molecule has 9 heteroatoms. The lowest BCUT2D eigenvalue weighted by atomic mass is 9.98.